The van der Waals surface area contributed by atoms with Crippen molar-refractivity contribution in [1.82, 2.24) is 0 Å². The summed E-state index contributed by atoms with van der Waals surface area (Å²) in [6.07, 6.45) is 2.30. The molecule has 0 spiro atoms. The number of hydrogen-bond acceptors (Lipinski definition) is 2. The van der Waals surface area contributed by atoms with Gasteiger partial charge in [-0.3, -0.25) is 0 Å². The van der Waals surface area contributed by atoms with Gasteiger partial charge in [-0.2, -0.15) is 0 Å². The van der Waals surface area contributed by atoms with E-state index >= 15 is 0 Å². The van der Waals surface area contributed by atoms with E-state index < -0.39 is 0 Å². The standard InChI is InChI=1S/C14H22BrFN2/c1-4-10(5-2)9-18(6-3)14-7-11(15)12(16)8-13(14)17/h7-8,10H,4-6,9,17H2,1-3H3. The van der Waals surface area contributed by atoms with Crippen LogP contribution in [0.5, 0.6) is 0 Å². The highest BCUT2D eigenvalue weighted by Gasteiger charge is 2.15. The van der Waals surface area contributed by atoms with Crippen molar-refractivity contribution >= 4 is 27.3 Å². The Balaban J connectivity index is 2.98. The van der Waals surface area contributed by atoms with Crippen LogP contribution in [0.1, 0.15) is 33.6 Å². The number of nitrogens with zero attached hydrogens (tertiary/aromatic N) is 1. The Morgan fingerprint density at radius 2 is 1.89 bits per heavy atom. The molecular formula is C14H22BrFN2. The fourth-order valence-corrected chi connectivity index (χ4v) is 2.41. The van der Waals surface area contributed by atoms with Crippen molar-refractivity contribution in [2.45, 2.75) is 33.6 Å². The summed E-state index contributed by atoms with van der Waals surface area (Å²) in [6.45, 7) is 8.33. The van der Waals surface area contributed by atoms with Gasteiger partial charge in [0.25, 0.3) is 0 Å². The third kappa shape index (κ3) is 3.61. The van der Waals surface area contributed by atoms with E-state index in [1.54, 1.807) is 6.07 Å². The van der Waals surface area contributed by atoms with E-state index in [0.717, 1.165) is 31.6 Å². The lowest BCUT2D eigenvalue weighted by molar-refractivity contribution is 0.486. The Morgan fingerprint density at radius 1 is 1.28 bits per heavy atom. The van der Waals surface area contributed by atoms with Crippen LogP contribution < -0.4 is 10.6 Å². The first-order valence-corrected chi connectivity index (χ1v) is 7.32. The van der Waals surface area contributed by atoms with E-state index in [1.165, 1.54) is 6.07 Å². The van der Waals surface area contributed by atoms with E-state index in [4.69, 9.17) is 5.73 Å². The van der Waals surface area contributed by atoms with Crippen LogP contribution in [-0.2, 0) is 0 Å². The predicted octanol–water partition coefficient (Wildman–Crippen LogP) is 4.43. The summed E-state index contributed by atoms with van der Waals surface area (Å²) in [5, 5.41) is 0. The van der Waals surface area contributed by atoms with Crippen LogP contribution in [0.2, 0.25) is 0 Å². The molecule has 0 fully saturated rings. The second kappa shape index (κ2) is 6.98. The van der Waals surface area contributed by atoms with Crippen LogP contribution in [0.3, 0.4) is 0 Å². The molecule has 2 nitrogen and oxygen atoms in total. The number of nitrogen functional groups attached to an aromatic ring is 1. The summed E-state index contributed by atoms with van der Waals surface area (Å²) < 4.78 is 13.8. The fraction of sp³-hybridized carbons (Fsp3) is 0.571. The van der Waals surface area contributed by atoms with Gasteiger partial charge in [0, 0.05) is 19.2 Å². The van der Waals surface area contributed by atoms with Gasteiger partial charge in [0.05, 0.1) is 15.8 Å². The first-order chi connectivity index (χ1) is 8.53. The van der Waals surface area contributed by atoms with Crippen molar-refractivity contribution in [1.29, 1.82) is 0 Å². The maximum Gasteiger partial charge on any atom is 0.139 e. The second-order valence-electron chi connectivity index (χ2n) is 4.55. The van der Waals surface area contributed by atoms with E-state index in [1.807, 2.05) is 0 Å². The number of hydrogen-bond donors (Lipinski definition) is 1. The van der Waals surface area contributed by atoms with Crippen molar-refractivity contribution in [3.05, 3.63) is 22.4 Å². The van der Waals surface area contributed by atoms with Crippen LogP contribution in [-0.4, -0.2) is 13.1 Å². The molecule has 0 bridgehead atoms. The molecule has 4 heteroatoms. The van der Waals surface area contributed by atoms with Crippen molar-refractivity contribution < 1.29 is 4.39 Å². The lowest BCUT2D eigenvalue weighted by Gasteiger charge is -2.28. The topological polar surface area (TPSA) is 29.3 Å². The molecule has 0 aliphatic rings. The molecule has 0 amide bonds. The average molecular weight is 317 g/mol. The number of benzene rings is 1. The molecule has 0 atom stereocenters. The van der Waals surface area contributed by atoms with Crippen molar-refractivity contribution in [3.63, 3.8) is 0 Å². The van der Waals surface area contributed by atoms with Crippen LogP contribution in [0.15, 0.2) is 16.6 Å². The van der Waals surface area contributed by atoms with Gasteiger partial charge in [-0.15, -0.1) is 0 Å². The Labute approximate surface area is 117 Å². The lowest BCUT2D eigenvalue weighted by atomic mass is 10.0. The van der Waals surface area contributed by atoms with E-state index in [2.05, 4.69) is 41.6 Å². The summed E-state index contributed by atoms with van der Waals surface area (Å²) in [5.41, 5.74) is 7.34. The molecule has 0 unspecified atom stereocenters. The van der Waals surface area contributed by atoms with E-state index in [0.29, 0.717) is 16.1 Å². The number of rotatable bonds is 6. The summed E-state index contributed by atoms with van der Waals surface area (Å²) in [4.78, 5) is 2.22. The molecule has 0 aliphatic heterocycles. The first-order valence-electron chi connectivity index (χ1n) is 6.52. The third-order valence-electron chi connectivity index (χ3n) is 3.43. The van der Waals surface area contributed by atoms with Gasteiger partial charge in [-0.05, 0) is 34.8 Å². The minimum absolute atomic E-state index is 0.310. The fourth-order valence-electron chi connectivity index (χ4n) is 2.08. The summed E-state index contributed by atoms with van der Waals surface area (Å²) in [5.74, 6) is 0.336. The molecule has 0 aromatic heterocycles. The van der Waals surface area contributed by atoms with E-state index in [9.17, 15) is 4.39 Å². The predicted molar refractivity (Wildman–Crippen MR) is 80.5 cm³/mol. The van der Waals surface area contributed by atoms with Gasteiger partial charge in [-0.25, -0.2) is 4.39 Å². The molecule has 0 radical (unpaired) electrons. The molecule has 0 saturated heterocycles. The highest BCUT2D eigenvalue weighted by atomic mass is 79.9. The van der Waals surface area contributed by atoms with Crippen LogP contribution in [0.4, 0.5) is 15.8 Å². The average Bonchev–Trinajstić information content (AvgIpc) is 2.36. The number of anilines is 2. The number of nitrogens with two attached hydrogens (primary N) is 1. The molecule has 1 aromatic rings. The third-order valence-corrected chi connectivity index (χ3v) is 4.03. The molecule has 0 aliphatic carbocycles. The lowest BCUT2D eigenvalue weighted by Crippen LogP contribution is -2.29. The molecule has 1 rings (SSSR count). The van der Waals surface area contributed by atoms with Gasteiger partial charge < -0.3 is 10.6 Å². The maximum atomic E-state index is 13.4. The van der Waals surface area contributed by atoms with Gasteiger partial charge in [0.1, 0.15) is 5.82 Å². The van der Waals surface area contributed by atoms with Crippen molar-refractivity contribution in [3.8, 4) is 0 Å². The smallest absolute Gasteiger partial charge is 0.139 e. The molecular weight excluding hydrogens is 295 g/mol. The SMILES string of the molecule is CCC(CC)CN(CC)c1cc(Br)c(F)cc1N. The Kier molecular flexibility index (Phi) is 5.93. The van der Waals surface area contributed by atoms with Gasteiger partial charge >= 0.3 is 0 Å². The molecule has 0 heterocycles. The quantitative estimate of drug-likeness (QED) is 0.786. The minimum Gasteiger partial charge on any atom is -0.397 e. The Hall–Kier alpha value is -0.770. The summed E-state index contributed by atoms with van der Waals surface area (Å²) in [7, 11) is 0. The highest BCUT2D eigenvalue weighted by molar-refractivity contribution is 9.10. The zero-order valence-corrected chi connectivity index (χ0v) is 12.9. The van der Waals surface area contributed by atoms with Crippen LogP contribution in [0, 0.1) is 11.7 Å². The highest BCUT2D eigenvalue weighted by Crippen LogP contribution is 2.30. The van der Waals surface area contributed by atoms with Gasteiger partial charge in [0.15, 0.2) is 0 Å². The summed E-state index contributed by atoms with van der Waals surface area (Å²) in [6, 6.07) is 3.16. The molecule has 1 aromatic carbocycles. The van der Waals surface area contributed by atoms with Crippen molar-refractivity contribution in [2.24, 2.45) is 5.92 Å². The zero-order valence-electron chi connectivity index (χ0n) is 11.3. The maximum absolute atomic E-state index is 13.4. The first kappa shape index (κ1) is 15.3. The normalized spacial score (nSPS) is 11.0. The Morgan fingerprint density at radius 3 is 2.39 bits per heavy atom. The van der Waals surface area contributed by atoms with E-state index in [-0.39, 0.29) is 5.82 Å². The van der Waals surface area contributed by atoms with Crippen LogP contribution in [0.25, 0.3) is 0 Å². The molecule has 0 saturated carbocycles. The minimum atomic E-state index is -0.310. The monoisotopic (exact) mass is 316 g/mol. The molecule has 18 heavy (non-hydrogen) atoms. The number of halogens is 2. The Bertz CT molecular complexity index is 392. The van der Waals surface area contributed by atoms with Crippen molar-refractivity contribution in [2.75, 3.05) is 23.7 Å². The largest absolute Gasteiger partial charge is 0.397 e. The van der Waals surface area contributed by atoms with Gasteiger partial charge in [-0.1, -0.05) is 26.7 Å². The van der Waals surface area contributed by atoms with Crippen LogP contribution >= 0.6 is 15.9 Å². The molecule has 2 N–H and O–H groups in total. The van der Waals surface area contributed by atoms with Gasteiger partial charge in [0.2, 0.25) is 0 Å². The summed E-state index contributed by atoms with van der Waals surface area (Å²) >= 11 is 3.22. The zero-order chi connectivity index (χ0) is 13.7. The molecule has 102 valence electrons. The second-order valence-corrected chi connectivity index (χ2v) is 5.40.